The monoisotopic (exact) mass is 446 g/mol. The quantitative estimate of drug-likeness (QED) is 0.530. The molecule has 0 aliphatic carbocycles. The number of aliphatic hydroxyl groups excluding tert-OH is 1. The fourth-order valence-corrected chi connectivity index (χ4v) is 4.93. The Morgan fingerprint density at radius 1 is 1.48 bits per heavy atom. The first-order valence-electron chi connectivity index (χ1n) is 10.8. The molecule has 1 aromatic heterocycles. The molecule has 1 aromatic carbocycles. The number of benzene rings is 1. The molecular weight excluding hydrogens is 415 g/mol. The summed E-state index contributed by atoms with van der Waals surface area (Å²) in [6.45, 7) is 7.88. The zero-order chi connectivity index (χ0) is 22.2. The van der Waals surface area contributed by atoms with Crippen LogP contribution in [0.15, 0.2) is 48.4 Å². The SMILES string of the molecule is C=CCN(CC(=O)N1CCc2sccc2C1COc1cccc(F)c1)CC(O)CCC. The van der Waals surface area contributed by atoms with Gasteiger partial charge in [0.25, 0.3) is 0 Å². The van der Waals surface area contributed by atoms with Crippen LogP contribution < -0.4 is 4.74 Å². The minimum Gasteiger partial charge on any atom is -0.491 e. The number of ether oxygens (including phenoxy) is 1. The van der Waals surface area contributed by atoms with E-state index in [1.807, 2.05) is 28.2 Å². The lowest BCUT2D eigenvalue weighted by molar-refractivity contribution is -0.136. The van der Waals surface area contributed by atoms with Crippen molar-refractivity contribution >= 4 is 17.2 Å². The van der Waals surface area contributed by atoms with Crippen LogP contribution in [0.4, 0.5) is 4.39 Å². The molecule has 0 fully saturated rings. The van der Waals surface area contributed by atoms with Crippen LogP contribution in [0.2, 0.25) is 0 Å². The molecule has 1 N–H and O–H groups in total. The number of aliphatic hydroxyl groups is 1. The zero-order valence-electron chi connectivity index (χ0n) is 18.0. The van der Waals surface area contributed by atoms with E-state index in [9.17, 15) is 14.3 Å². The predicted molar refractivity (Wildman–Crippen MR) is 122 cm³/mol. The minimum absolute atomic E-state index is 0.00441. The van der Waals surface area contributed by atoms with Gasteiger partial charge >= 0.3 is 0 Å². The normalized spacial score (nSPS) is 16.8. The molecule has 0 saturated carbocycles. The molecular formula is C24H31FN2O3S. The number of hydrogen-bond acceptors (Lipinski definition) is 5. The van der Waals surface area contributed by atoms with Gasteiger partial charge in [0.2, 0.25) is 5.91 Å². The fourth-order valence-electron chi connectivity index (χ4n) is 4.00. The summed E-state index contributed by atoms with van der Waals surface area (Å²) in [6, 6.07) is 7.88. The van der Waals surface area contributed by atoms with Crippen molar-refractivity contribution in [3.63, 3.8) is 0 Å². The maximum absolute atomic E-state index is 13.5. The van der Waals surface area contributed by atoms with Gasteiger partial charge in [0.15, 0.2) is 0 Å². The summed E-state index contributed by atoms with van der Waals surface area (Å²) in [5, 5.41) is 12.2. The summed E-state index contributed by atoms with van der Waals surface area (Å²) in [4.78, 5) is 18.3. The molecule has 1 aliphatic rings. The first kappa shape index (κ1) is 23.4. The molecule has 2 aromatic rings. The second-order valence-electron chi connectivity index (χ2n) is 7.85. The number of amides is 1. The smallest absolute Gasteiger partial charge is 0.237 e. The van der Waals surface area contributed by atoms with Gasteiger partial charge in [-0.25, -0.2) is 4.39 Å². The van der Waals surface area contributed by atoms with E-state index in [1.165, 1.54) is 17.0 Å². The highest BCUT2D eigenvalue weighted by Crippen LogP contribution is 2.34. The van der Waals surface area contributed by atoms with E-state index in [1.54, 1.807) is 29.5 Å². The van der Waals surface area contributed by atoms with E-state index in [0.717, 1.165) is 18.4 Å². The van der Waals surface area contributed by atoms with E-state index >= 15 is 0 Å². The molecule has 1 amide bonds. The standard InChI is InChI=1S/C24H31FN2O3S/c1-3-6-19(28)15-26(11-4-2)16-24(29)27-12-9-23-21(10-13-31-23)22(27)17-30-20-8-5-7-18(25)14-20/h4-5,7-8,10,13-14,19,22,28H,2-3,6,9,11-12,15-17H2,1H3. The van der Waals surface area contributed by atoms with Gasteiger partial charge in [-0.1, -0.05) is 25.5 Å². The fraction of sp³-hybridized carbons (Fsp3) is 0.458. The third-order valence-corrected chi connectivity index (χ3v) is 6.45. The largest absolute Gasteiger partial charge is 0.491 e. The Morgan fingerprint density at radius 3 is 3.06 bits per heavy atom. The number of carbonyl (C=O) groups excluding carboxylic acids is 1. The van der Waals surface area contributed by atoms with E-state index in [-0.39, 0.29) is 30.9 Å². The number of hydrogen-bond donors (Lipinski definition) is 1. The van der Waals surface area contributed by atoms with Crippen molar-refractivity contribution in [3.8, 4) is 5.75 Å². The number of fused-ring (bicyclic) bond motifs is 1. The molecule has 0 radical (unpaired) electrons. The summed E-state index contributed by atoms with van der Waals surface area (Å²) in [6.07, 6.45) is 3.70. The lowest BCUT2D eigenvalue weighted by Gasteiger charge is -2.37. The highest BCUT2D eigenvalue weighted by Gasteiger charge is 2.33. The summed E-state index contributed by atoms with van der Waals surface area (Å²) in [5.41, 5.74) is 1.10. The Labute approximate surface area is 187 Å². The van der Waals surface area contributed by atoms with Crippen LogP contribution in [0, 0.1) is 5.82 Å². The van der Waals surface area contributed by atoms with Crippen molar-refractivity contribution in [2.24, 2.45) is 0 Å². The van der Waals surface area contributed by atoms with Crippen molar-refractivity contribution in [1.82, 2.24) is 9.80 Å². The lowest BCUT2D eigenvalue weighted by Crippen LogP contribution is -2.47. The number of thiophene rings is 1. The van der Waals surface area contributed by atoms with Gasteiger partial charge in [0.1, 0.15) is 18.2 Å². The Kier molecular flexibility index (Phi) is 8.63. The zero-order valence-corrected chi connectivity index (χ0v) is 18.8. The highest BCUT2D eigenvalue weighted by atomic mass is 32.1. The molecule has 0 saturated heterocycles. The molecule has 2 atom stereocenters. The van der Waals surface area contributed by atoms with Gasteiger partial charge in [-0.3, -0.25) is 9.69 Å². The third kappa shape index (κ3) is 6.38. The van der Waals surface area contributed by atoms with Gasteiger partial charge in [-0.2, -0.15) is 0 Å². The Hall–Kier alpha value is -2.22. The van der Waals surface area contributed by atoms with Crippen molar-refractivity contribution in [1.29, 1.82) is 0 Å². The van der Waals surface area contributed by atoms with Crippen LogP contribution in [-0.2, 0) is 11.2 Å². The molecule has 31 heavy (non-hydrogen) atoms. The number of halogens is 1. The Balaban J connectivity index is 1.72. The molecule has 1 aliphatic heterocycles. The van der Waals surface area contributed by atoms with Gasteiger partial charge in [0, 0.05) is 30.6 Å². The molecule has 2 unspecified atom stereocenters. The van der Waals surface area contributed by atoms with E-state index in [0.29, 0.717) is 31.8 Å². The average Bonchev–Trinajstić information content (AvgIpc) is 3.21. The first-order valence-corrected chi connectivity index (χ1v) is 11.6. The van der Waals surface area contributed by atoms with Gasteiger partial charge in [-0.05, 0) is 42.0 Å². The Morgan fingerprint density at radius 2 is 2.32 bits per heavy atom. The average molecular weight is 447 g/mol. The molecule has 168 valence electrons. The highest BCUT2D eigenvalue weighted by molar-refractivity contribution is 7.10. The van der Waals surface area contributed by atoms with Crippen LogP contribution in [0.3, 0.4) is 0 Å². The first-order chi connectivity index (χ1) is 15.0. The molecule has 5 nitrogen and oxygen atoms in total. The third-order valence-electron chi connectivity index (χ3n) is 5.46. The predicted octanol–water partition coefficient (Wildman–Crippen LogP) is 4.04. The summed E-state index contributed by atoms with van der Waals surface area (Å²) < 4.78 is 19.4. The summed E-state index contributed by atoms with van der Waals surface area (Å²) in [7, 11) is 0. The van der Waals surface area contributed by atoms with Crippen molar-refractivity contribution in [2.45, 2.75) is 38.3 Å². The molecule has 3 rings (SSSR count). The molecule has 7 heteroatoms. The maximum atomic E-state index is 13.5. The topological polar surface area (TPSA) is 53.0 Å². The Bertz CT molecular complexity index is 872. The van der Waals surface area contributed by atoms with Crippen molar-refractivity contribution in [3.05, 3.63) is 64.6 Å². The molecule has 2 heterocycles. The maximum Gasteiger partial charge on any atom is 0.237 e. The van der Waals surface area contributed by atoms with E-state index < -0.39 is 6.10 Å². The minimum atomic E-state index is -0.463. The summed E-state index contributed by atoms with van der Waals surface area (Å²) in [5.74, 6) is 0.0944. The summed E-state index contributed by atoms with van der Waals surface area (Å²) >= 11 is 1.69. The van der Waals surface area contributed by atoms with Crippen LogP contribution in [0.5, 0.6) is 5.75 Å². The van der Waals surface area contributed by atoms with E-state index in [4.69, 9.17) is 4.74 Å². The van der Waals surface area contributed by atoms with Gasteiger partial charge in [0.05, 0.1) is 18.7 Å². The van der Waals surface area contributed by atoms with Crippen molar-refractivity contribution in [2.75, 3.05) is 32.8 Å². The van der Waals surface area contributed by atoms with Gasteiger partial charge < -0.3 is 14.7 Å². The van der Waals surface area contributed by atoms with E-state index in [2.05, 4.69) is 6.58 Å². The molecule has 0 bridgehead atoms. The lowest BCUT2D eigenvalue weighted by atomic mass is 10.0. The number of nitrogens with zero attached hydrogens (tertiary/aromatic N) is 2. The van der Waals surface area contributed by atoms with Crippen LogP contribution in [-0.4, -0.2) is 59.7 Å². The number of carbonyl (C=O) groups is 1. The van der Waals surface area contributed by atoms with Gasteiger partial charge in [-0.15, -0.1) is 17.9 Å². The number of rotatable bonds is 11. The van der Waals surface area contributed by atoms with Crippen LogP contribution in [0.1, 0.15) is 36.2 Å². The van der Waals surface area contributed by atoms with Crippen molar-refractivity contribution < 1.29 is 19.0 Å². The van der Waals surface area contributed by atoms with Crippen LogP contribution in [0.25, 0.3) is 0 Å². The second kappa shape index (κ2) is 11.4. The van der Waals surface area contributed by atoms with Crippen LogP contribution >= 0.6 is 11.3 Å². The molecule has 0 spiro atoms. The second-order valence-corrected chi connectivity index (χ2v) is 8.85.